The van der Waals surface area contributed by atoms with Crippen molar-refractivity contribution in [3.8, 4) is 0 Å². The highest BCUT2D eigenvalue weighted by Gasteiger charge is 2.19. The van der Waals surface area contributed by atoms with E-state index in [1.54, 1.807) is 17.5 Å². The van der Waals surface area contributed by atoms with Gasteiger partial charge in [-0.2, -0.15) is 0 Å². The van der Waals surface area contributed by atoms with E-state index in [-0.39, 0.29) is 22.8 Å². The number of carbonyl (C=O) groups excluding carboxylic acids is 2. The SMILES string of the molecule is CN(C)S(=O)(=O)c1cccc(C(=O)OCC(=O)c2cccs2)c1. The fourth-order valence-electron chi connectivity index (χ4n) is 1.72. The monoisotopic (exact) mass is 353 g/mol. The van der Waals surface area contributed by atoms with Crippen molar-refractivity contribution in [1.82, 2.24) is 4.31 Å². The quantitative estimate of drug-likeness (QED) is 0.586. The molecule has 2 aromatic rings. The van der Waals surface area contributed by atoms with E-state index in [1.165, 1.54) is 49.7 Å². The minimum absolute atomic E-state index is 0.0125. The van der Waals surface area contributed by atoms with Gasteiger partial charge in [-0.25, -0.2) is 17.5 Å². The highest BCUT2D eigenvalue weighted by molar-refractivity contribution is 7.89. The van der Waals surface area contributed by atoms with Gasteiger partial charge in [0.15, 0.2) is 6.61 Å². The molecule has 0 aliphatic heterocycles. The summed E-state index contributed by atoms with van der Waals surface area (Å²) < 4.78 is 30.1. The number of ether oxygens (including phenoxy) is 1. The summed E-state index contributed by atoms with van der Waals surface area (Å²) in [7, 11) is -0.834. The fraction of sp³-hybridized carbons (Fsp3) is 0.200. The lowest BCUT2D eigenvalue weighted by Crippen LogP contribution is -2.22. The van der Waals surface area contributed by atoms with Gasteiger partial charge in [0.25, 0.3) is 0 Å². The van der Waals surface area contributed by atoms with Crippen LogP contribution < -0.4 is 0 Å². The fourth-order valence-corrected chi connectivity index (χ4v) is 3.32. The van der Waals surface area contributed by atoms with Crippen LogP contribution in [0.5, 0.6) is 0 Å². The molecular weight excluding hydrogens is 338 g/mol. The maximum Gasteiger partial charge on any atom is 0.338 e. The molecule has 0 saturated carbocycles. The number of Topliss-reactive ketones (excluding diaryl/α,β-unsaturated/α-hetero) is 1. The molecule has 23 heavy (non-hydrogen) atoms. The van der Waals surface area contributed by atoms with Gasteiger partial charge in [-0.15, -0.1) is 11.3 Å². The van der Waals surface area contributed by atoms with Gasteiger partial charge in [-0.05, 0) is 29.6 Å². The van der Waals surface area contributed by atoms with Crippen LogP contribution in [-0.2, 0) is 14.8 Å². The smallest absolute Gasteiger partial charge is 0.338 e. The molecule has 0 bridgehead atoms. The van der Waals surface area contributed by atoms with Gasteiger partial charge in [0.05, 0.1) is 15.3 Å². The van der Waals surface area contributed by atoms with E-state index in [0.29, 0.717) is 4.88 Å². The van der Waals surface area contributed by atoms with E-state index in [2.05, 4.69) is 0 Å². The number of carbonyl (C=O) groups is 2. The van der Waals surface area contributed by atoms with Crippen molar-refractivity contribution in [1.29, 1.82) is 0 Å². The van der Waals surface area contributed by atoms with Gasteiger partial charge in [-0.1, -0.05) is 12.1 Å². The van der Waals surface area contributed by atoms with Crippen LogP contribution in [0.3, 0.4) is 0 Å². The summed E-state index contributed by atoms with van der Waals surface area (Å²) in [6.45, 7) is -0.385. The normalized spacial score (nSPS) is 11.4. The van der Waals surface area contributed by atoms with Crippen molar-refractivity contribution in [2.45, 2.75) is 4.90 Å². The Labute approximate surface area is 138 Å². The van der Waals surface area contributed by atoms with E-state index in [0.717, 1.165) is 4.31 Å². The molecule has 0 radical (unpaired) electrons. The first-order valence-corrected chi connectivity index (χ1v) is 8.91. The van der Waals surface area contributed by atoms with Crippen molar-refractivity contribution in [2.75, 3.05) is 20.7 Å². The van der Waals surface area contributed by atoms with Crippen LogP contribution in [0.2, 0.25) is 0 Å². The van der Waals surface area contributed by atoms with E-state index in [1.807, 2.05) is 0 Å². The molecule has 8 heteroatoms. The Morgan fingerprint density at radius 3 is 2.52 bits per heavy atom. The Balaban J connectivity index is 2.10. The van der Waals surface area contributed by atoms with Crippen LogP contribution in [-0.4, -0.2) is 45.2 Å². The molecule has 6 nitrogen and oxygen atoms in total. The Hall–Kier alpha value is -2.03. The molecule has 1 aromatic heterocycles. The second kappa shape index (κ2) is 7.03. The third-order valence-electron chi connectivity index (χ3n) is 2.98. The average Bonchev–Trinajstić information content (AvgIpc) is 3.06. The zero-order valence-electron chi connectivity index (χ0n) is 12.6. The van der Waals surface area contributed by atoms with Crippen molar-refractivity contribution >= 4 is 33.1 Å². The number of hydrogen-bond acceptors (Lipinski definition) is 6. The number of esters is 1. The van der Waals surface area contributed by atoms with Gasteiger partial charge in [-0.3, -0.25) is 4.79 Å². The minimum atomic E-state index is -3.64. The highest BCUT2D eigenvalue weighted by atomic mass is 32.2. The Kier molecular flexibility index (Phi) is 5.30. The number of hydrogen-bond donors (Lipinski definition) is 0. The summed E-state index contributed by atoms with van der Waals surface area (Å²) in [5, 5.41) is 1.75. The molecular formula is C15H15NO5S2. The number of benzene rings is 1. The number of nitrogens with zero attached hydrogens (tertiary/aromatic N) is 1. The van der Waals surface area contributed by atoms with E-state index in [4.69, 9.17) is 4.74 Å². The second-order valence-electron chi connectivity index (χ2n) is 4.79. The lowest BCUT2D eigenvalue weighted by Gasteiger charge is -2.12. The molecule has 0 N–H and O–H groups in total. The summed E-state index contributed by atoms with van der Waals surface area (Å²) >= 11 is 1.26. The van der Waals surface area contributed by atoms with Crippen LogP contribution >= 0.6 is 11.3 Å². The second-order valence-corrected chi connectivity index (χ2v) is 7.89. The van der Waals surface area contributed by atoms with Crippen molar-refractivity contribution in [3.05, 3.63) is 52.2 Å². The van der Waals surface area contributed by atoms with Crippen LogP contribution in [0.25, 0.3) is 0 Å². The maximum absolute atomic E-state index is 12.0. The van der Waals surface area contributed by atoms with Gasteiger partial charge in [0, 0.05) is 14.1 Å². The first-order chi connectivity index (χ1) is 10.8. The highest BCUT2D eigenvalue weighted by Crippen LogP contribution is 2.16. The number of rotatable bonds is 6. The average molecular weight is 353 g/mol. The number of sulfonamides is 1. The predicted molar refractivity (Wildman–Crippen MR) is 86.2 cm³/mol. The van der Waals surface area contributed by atoms with Gasteiger partial charge in [0.1, 0.15) is 0 Å². The molecule has 0 fully saturated rings. The van der Waals surface area contributed by atoms with Crippen molar-refractivity contribution < 1.29 is 22.7 Å². The Morgan fingerprint density at radius 1 is 1.17 bits per heavy atom. The van der Waals surface area contributed by atoms with Crippen LogP contribution in [0, 0.1) is 0 Å². The van der Waals surface area contributed by atoms with Gasteiger partial charge in [0.2, 0.25) is 15.8 Å². The molecule has 122 valence electrons. The molecule has 0 saturated heterocycles. The topological polar surface area (TPSA) is 80.8 Å². The lowest BCUT2D eigenvalue weighted by atomic mass is 10.2. The molecule has 1 heterocycles. The van der Waals surface area contributed by atoms with Gasteiger partial charge >= 0.3 is 5.97 Å². The molecule has 2 rings (SSSR count). The van der Waals surface area contributed by atoms with Gasteiger partial charge < -0.3 is 4.74 Å². The molecule has 0 aliphatic carbocycles. The summed E-state index contributed by atoms with van der Waals surface area (Å²) in [5.74, 6) is -1.05. The minimum Gasteiger partial charge on any atom is -0.454 e. The third-order valence-corrected chi connectivity index (χ3v) is 5.70. The Morgan fingerprint density at radius 2 is 1.91 bits per heavy atom. The molecule has 0 atom stereocenters. The van der Waals surface area contributed by atoms with E-state index < -0.39 is 16.0 Å². The third kappa shape index (κ3) is 4.04. The van der Waals surface area contributed by atoms with E-state index >= 15 is 0 Å². The number of thiophene rings is 1. The van der Waals surface area contributed by atoms with Crippen LogP contribution in [0.15, 0.2) is 46.7 Å². The van der Waals surface area contributed by atoms with Crippen molar-refractivity contribution in [2.24, 2.45) is 0 Å². The van der Waals surface area contributed by atoms with Crippen LogP contribution in [0.1, 0.15) is 20.0 Å². The number of ketones is 1. The first kappa shape index (κ1) is 17.3. The molecule has 0 aliphatic rings. The molecule has 0 unspecified atom stereocenters. The van der Waals surface area contributed by atoms with Crippen LogP contribution in [0.4, 0.5) is 0 Å². The summed E-state index contributed by atoms with van der Waals surface area (Å²) in [4.78, 5) is 24.3. The molecule has 1 aromatic carbocycles. The summed E-state index contributed by atoms with van der Waals surface area (Å²) in [6.07, 6.45) is 0. The summed E-state index contributed by atoms with van der Waals surface area (Å²) in [6, 6.07) is 8.89. The molecule has 0 spiro atoms. The zero-order valence-corrected chi connectivity index (χ0v) is 14.2. The van der Waals surface area contributed by atoms with Crippen molar-refractivity contribution in [3.63, 3.8) is 0 Å². The Bertz CT molecular complexity index is 810. The standard InChI is InChI=1S/C15H15NO5S2/c1-16(2)23(19,20)12-6-3-5-11(9-12)15(18)21-10-13(17)14-7-4-8-22-14/h3-9H,10H2,1-2H3. The first-order valence-electron chi connectivity index (χ1n) is 6.59. The lowest BCUT2D eigenvalue weighted by molar-refractivity contribution is 0.0475. The zero-order chi connectivity index (χ0) is 17.0. The van der Waals surface area contributed by atoms with E-state index in [9.17, 15) is 18.0 Å². The molecule has 0 amide bonds. The predicted octanol–water partition coefficient (Wildman–Crippen LogP) is 2.04. The summed E-state index contributed by atoms with van der Waals surface area (Å²) in [5.41, 5.74) is 0.0758. The largest absolute Gasteiger partial charge is 0.454 e. The maximum atomic E-state index is 12.0.